The molecule has 6 heteroatoms. The van der Waals surface area contributed by atoms with Gasteiger partial charge in [0.15, 0.2) is 5.37 Å². The van der Waals surface area contributed by atoms with Crippen LogP contribution in [0.15, 0.2) is 23.1 Å². The van der Waals surface area contributed by atoms with Crippen molar-refractivity contribution in [3.8, 4) is 0 Å². The zero-order chi connectivity index (χ0) is 12.4. The van der Waals surface area contributed by atoms with E-state index in [0.29, 0.717) is 13.2 Å². The molecule has 1 aliphatic rings. The van der Waals surface area contributed by atoms with Gasteiger partial charge in [0.2, 0.25) is 0 Å². The molecule has 1 atom stereocenters. The number of amides is 1. The Balaban J connectivity index is 2.29. The van der Waals surface area contributed by atoms with E-state index in [1.807, 2.05) is 4.90 Å². The highest BCUT2D eigenvalue weighted by Crippen LogP contribution is 2.43. The number of thioether (sulfide) groups is 1. The monoisotopic (exact) mass is 256 g/mol. The van der Waals surface area contributed by atoms with Crippen LogP contribution in [0.25, 0.3) is 0 Å². The van der Waals surface area contributed by atoms with Crippen LogP contribution in [0.2, 0.25) is 0 Å². The lowest BCUT2D eigenvalue weighted by Gasteiger charge is -2.23. The highest BCUT2D eigenvalue weighted by molar-refractivity contribution is 8.01. The van der Waals surface area contributed by atoms with Crippen molar-refractivity contribution < 1.29 is 13.9 Å². The third-order valence-electron chi connectivity index (χ3n) is 2.53. The maximum Gasteiger partial charge on any atom is 0.251 e. The van der Waals surface area contributed by atoms with Crippen LogP contribution in [-0.2, 0) is 9.53 Å². The van der Waals surface area contributed by atoms with Gasteiger partial charge in [-0.05, 0) is 18.2 Å². The van der Waals surface area contributed by atoms with Gasteiger partial charge in [0.05, 0.1) is 12.3 Å². The zero-order valence-corrected chi connectivity index (χ0v) is 10.2. The number of rotatable bonds is 4. The minimum absolute atomic E-state index is 0.312. The summed E-state index contributed by atoms with van der Waals surface area (Å²) in [6, 6.07) is 4.46. The molecule has 92 valence electrons. The maximum absolute atomic E-state index is 13.1. The van der Waals surface area contributed by atoms with E-state index in [2.05, 4.69) is 0 Å². The molecule has 1 aliphatic heterocycles. The molecule has 1 aromatic carbocycles. The number of hydrogen-bond acceptors (Lipinski definition) is 4. The van der Waals surface area contributed by atoms with Crippen molar-refractivity contribution in [2.24, 2.45) is 5.73 Å². The van der Waals surface area contributed by atoms with Crippen LogP contribution in [0.3, 0.4) is 0 Å². The van der Waals surface area contributed by atoms with E-state index < -0.39 is 11.3 Å². The summed E-state index contributed by atoms with van der Waals surface area (Å²) in [6.45, 7) is 1.04. The Morgan fingerprint density at radius 3 is 3.06 bits per heavy atom. The largest absolute Gasteiger partial charge is 0.383 e. The van der Waals surface area contributed by atoms with Gasteiger partial charge in [0.1, 0.15) is 5.82 Å². The lowest BCUT2D eigenvalue weighted by atomic mass is 10.2. The van der Waals surface area contributed by atoms with Crippen LogP contribution in [0.5, 0.6) is 0 Å². The number of nitrogens with zero attached hydrogens (tertiary/aromatic N) is 1. The van der Waals surface area contributed by atoms with Crippen LogP contribution in [-0.4, -0.2) is 31.5 Å². The van der Waals surface area contributed by atoms with Gasteiger partial charge in [-0.25, -0.2) is 4.39 Å². The molecule has 0 spiro atoms. The predicted molar refractivity (Wildman–Crippen MR) is 64.5 cm³/mol. The molecular weight excluding hydrogens is 243 g/mol. The van der Waals surface area contributed by atoms with E-state index in [4.69, 9.17) is 10.5 Å². The number of halogens is 1. The molecule has 0 aliphatic carbocycles. The van der Waals surface area contributed by atoms with Crippen LogP contribution >= 0.6 is 11.8 Å². The van der Waals surface area contributed by atoms with Crippen molar-refractivity contribution in [2.75, 3.05) is 25.2 Å². The average Bonchev–Trinajstić information content (AvgIpc) is 2.64. The Labute approximate surface area is 103 Å². The predicted octanol–water partition coefficient (Wildman–Crippen LogP) is 1.20. The van der Waals surface area contributed by atoms with Crippen LogP contribution in [0.1, 0.15) is 0 Å². The number of carbonyl (C=O) groups is 1. The molecule has 1 heterocycles. The topological polar surface area (TPSA) is 55.6 Å². The van der Waals surface area contributed by atoms with Crippen molar-refractivity contribution >= 4 is 23.4 Å². The lowest BCUT2D eigenvalue weighted by molar-refractivity contribution is -0.117. The second-order valence-electron chi connectivity index (χ2n) is 3.67. The molecule has 1 unspecified atom stereocenters. The Morgan fingerprint density at radius 2 is 2.41 bits per heavy atom. The first-order valence-corrected chi connectivity index (χ1v) is 6.02. The fourth-order valence-corrected chi connectivity index (χ4v) is 2.96. The van der Waals surface area contributed by atoms with Crippen molar-refractivity contribution in [1.29, 1.82) is 0 Å². The third-order valence-corrected chi connectivity index (χ3v) is 3.82. The second-order valence-corrected chi connectivity index (χ2v) is 4.79. The summed E-state index contributed by atoms with van der Waals surface area (Å²) in [5, 5.41) is -0.484. The smallest absolute Gasteiger partial charge is 0.251 e. The fourth-order valence-electron chi connectivity index (χ4n) is 1.77. The number of anilines is 1. The first-order valence-electron chi connectivity index (χ1n) is 5.14. The summed E-state index contributed by atoms with van der Waals surface area (Å²) in [7, 11) is 1.59. The van der Waals surface area contributed by atoms with Crippen LogP contribution < -0.4 is 10.6 Å². The number of carbonyl (C=O) groups excluding carboxylic acids is 1. The molecule has 2 rings (SSSR count). The van der Waals surface area contributed by atoms with Gasteiger partial charge in [-0.2, -0.15) is 0 Å². The van der Waals surface area contributed by atoms with E-state index >= 15 is 0 Å². The highest BCUT2D eigenvalue weighted by Gasteiger charge is 2.33. The van der Waals surface area contributed by atoms with Gasteiger partial charge in [0, 0.05) is 18.6 Å². The molecule has 0 radical (unpaired) electrons. The van der Waals surface area contributed by atoms with E-state index in [9.17, 15) is 9.18 Å². The standard InChI is InChI=1S/C11H13FN2O2S/c1-16-5-4-14-8-3-2-7(12)6-9(8)17-11(14)10(13)15/h2-3,6,11H,4-5H2,1H3,(H2,13,15). The SMILES string of the molecule is COCCN1c2ccc(F)cc2SC1C(N)=O. The number of nitrogens with two attached hydrogens (primary N) is 1. The maximum atomic E-state index is 13.1. The molecular formula is C11H13FN2O2S. The molecule has 0 bridgehead atoms. The quantitative estimate of drug-likeness (QED) is 0.879. The summed E-state index contributed by atoms with van der Waals surface area (Å²) < 4.78 is 18.1. The van der Waals surface area contributed by atoms with E-state index in [0.717, 1.165) is 10.6 Å². The average molecular weight is 256 g/mol. The van der Waals surface area contributed by atoms with Crippen molar-refractivity contribution in [3.63, 3.8) is 0 Å². The Morgan fingerprint density at radius 1 is 1.65 bits per heavy atom. The van der Waals surface area contributed by atoms with Gasteiger partial charge in [-0.15, -0.1) is 0 Å². The number of benzene rings is 1. The number of methoxy groups -OCH3 is 1. The summed E-state index contributed by atoms with van der Waals surface area (Å²) in [6.07, 6.45) is 0. The van der Waals surface area contributed by atoms with Gasteiger partial charge in [-0.3, -0.25) is 4.79 Å². The number of hydrogen-bond donors (Lipinski definition) is 1. The Hall–Kier alpha value is -1.27. The third kappa shape index (κ3) is 2.37. The summed E-state index contributed by atoms with van der Waals surface area (Å²) >= 11 is 1.27. The summed E-state index contributed by atoms with van der Waals surface area (Å²) in [5.41, 5.74) is 6.17. The Kier molecular flexibility index (Phi) is 3.54. The number of ether oxygens (including phenoxy) is 1. The van der Waals surface area contributed by atoms with Gasteiger partial charge in [0.25, 0.3) is 5.91 Å². The van der Waals surface area contributed by atoms with Crippen molar-refractivity contribution in [1.82, 2.24) is 0 Å². The van der Waals surface area contributed by atoms with Crippen molar-refractivity contribution in [3.05, 3.63) is 24.0 Å². The molecule has 0 saturated heterocycles. The number of fused-ring (bicyclic) bond motifs is 1. The number of primary amides is 1. The van der Waals surface area contributed by atoms with Gasteiger partial charge < -0.3 is 15.4 Å². The first kappa shape index (κ1) is 12.2. The normalized spacial score (nSPS) is 18.2. The molecule has 0 fully saturated rings. The fraction of sp³-hybridized carbons (Fsp3) is 0.364. The summed E-state index contributed by atoms with van der Waals surface area (Å²) in [5.74, 6) is -0.740. The minimum Gasteiger partial charge on any atom is -0.383 e. The lowest BCUT2D eigenvalue weighted by Crippen LogP contribution is -2.41. The van der Waals surface area contributed by atoms with Crippen LogP contribution in [0, 0.1) is 5.82 Å². The summed E-state index contributed by atoms with van der Waals surface area (Å²) in [4.78, 5) is 13.9. The molecule has 0 saturated carbocycles. The first-order chi connectivity index (χ1) is 8.13. The molecule has 17 heavy (non-hydrogen) atoms. The molecule has 0 aromatic heterocycles. The van der Waals surface area contributed by atoms with Crippen molar-refractivity contribution in [2.45, 2.75) is 10.3 Å². The molecule has 2 N–H and O–H groups in total. The van der Waals surface area contributed by atoms with Gasteiger partial charge >= 0.3 is 0 Å². The second kappa shape index (κ2) is 4.93. The minimum atomic E-state index is -0.484. The zero-order valence-electron chi connectivity index (χ0n) is 9.35. The van der Waals surface area contributed by atoms with Gasteiger partial charge in [-0.1, -0.05) is 11.8 Å². The van der Waals surface area contributed by atoms with E-state index in [1.165, 1.54) is 23.9 Å². The highest BCUT2D eigenvalue weighted by atomic mass is 32.2. The Bertz CT molecular complexity index is 441. The van der Waals surface area contributed by atoms with Crippen LogP contribution in [0.4, 0.5) is 10.1 Å². The molecule has 4 nitrogen and oxygen atoms in total. The molecule has 1 amide bonds. The molecule has 1 aromatic rings. The van der Waals surface area contributed by atoms with E-state index in [1.54, 1.807) is 13.2 Å². The van der Waals surface area contributed by atoms with E-state index in [-0.39, 0.29) is 5.82 Å².